The van der Waals surface area contributed by atoms with E-state index in [0.717, 1.165) is 12.8 Å². The van der Waals surface area contributed by atoms with E-state index in [1.807, 2.05) is 0 Å². The van der Waals surface area contributed by atoms with Crippen LogP contribution in [0.1, 0.15) is 39.1 Å². The second kappa shape index (κ2) is 9.56. The molecule has 0 unspecified atom stereocenters. The van der Waals surface area contributed by atoms with Gasteiger partial charge in [-0.2, -0.15) is 0 Å². The van der Waals surface area contributed by atoms with Gasteiger partial charge in [-0.1, -0.05) is 41.4 Å². The zero-order chi connectivity index (χ0) is 18.7. The zero-order valence-electron chi connectivity index (χ0n) is 14.7. The largest absolute Gasteiger partial charge is 0.339 e. The molecule has 0 aromatic heterocycles. The van der Waals surface area contributed by atoms with Crippen LogP contribution in [0.25, 0.3) is 0 Å². The third-order valence-corrected chi connectivity index (χ3v) is 5.56. The van der Waals surface area contributed by atoms with Crippen LogP contribution in [0.2, 0.25) is 10.0 Å². The van der Waals surface area contributed by atoms with E-state index >= 15 is 0 Å². The molecule has 0 aliphatic carbocycles. The first kappa shape index (κ1) is 21.7. The third kappa shape index (κ3) is 4.82. The van der Waals surface area contributed by atoms with Gasteiger partial charge >= 0.3 is 0 Å². The summed E-state index contributed by atoms with van der Waals surface area (Å²) in [6.45, 7) is 1.97. The molecule has 3 rings (SSSR count). The molecule has 1 aliphatic rings. The fraction of sp³-hybridized carbons (Fsp3) is 0.300. The number of hydrogen-bond acceptors (Lipinski definition) is 3. The number of amides is 1. The van der Waals surface area contributed by atoms with Crippen LogP contribution in [0, 0.1) is 5.92 Å². The van der Waals surface area contributed by atoms with Crippen molar-refractivity contribution < 1.29 is 9.59 Å². The number of likely N-dealkylation sites (tertiary alicyclic amines) is 1. The summed E-state index contributed by atoms with van der Waals surface area (Å²) in [6.07, 6.45) is 1.79. The summed E-state index contributed by atoms with van der Waals surface area (Å²) in [5, 5.41) is 0.695. The molecule has 27 heavy (non-hydrogen) atoms. The van der Waals surface area contributed by atoms with Crippen LogP contribution in [-0.4, -0.2) is 36.2 Å². The van der Waals surface area contributed by atoms with Crippen molar-refractivity contribution in [3.63, 3.8) is 0 Å². The Kier molecular flexibility index (Phi) is 7.68. The maximum atomic E-state index is 13.0. The van der Waals surface area contributed by atoms with E-state index in [-0.39, 0.29) is 24.1 Å². The van der Waals surface area contributed by atoms with Crippen molar-refractivity contribution in [3.8, 4) is 0 Å². The topological polar surface area (TPSA) is 63.4 Å². The summed E-state index contributed by atoms with van der Waals surface area (Å²) in [7, 11) is 0. The van der Waals surface area contributed by atoms with Crippen molar-refractivity contribution in [2.24, 2.45) is 11.7 Å². The minimum absolute atomic E-state index is 0. The standard InChI is InChI=1S/C20H20Cl2N2O2.ClH/c21-17-6-5-14(11-18(17)22)19(25)15-3-1-2-4-16(15)20(26)24-9-7-13(12-23)8-10-24;/h1-6,11,13H,7-10,12,23H2;1H. The van der Waals surface area contributed by atoms with Crippen LogP contribution in [-0.2, 0) is 0 Å². The van der Waals surface area contributed by atoms with Gasteiger partial charge in [-0.3, -0.25) is 9.59 Å². The number of benzene rings is 2. The Bertz CT molecular complexity index is 834. The molecule has 1 fully saturated rings. The number of carbonyl (C=O) groups is 2. The first-order valence-electron chi connectivity index (χ1n) is 8.59. The molecule has 1 heterocycles. The molecule has 0 saturated carbocycles. The van der Waals surface area contributed by atoms with Crippen LogP contribution in [0.5, 0.6) is 0 Å². The average molecular weight is 428 g/mol. The molecule has 2 aromatic carbocycles. The van der Waals surface area contributed by atoms with Crippen LogP contribution >= 0.6 is 35.6 Å². The molecule has 2 aromatic rings. The fourth-order valence-electron chi connectivity index (χ4n) is 3.20. The predicted molar refractivity (Wildman–Crippen MR) is 111 cm³/mol. The van der Waals surface area contributed by atoms with Crippen LogP contribution in [0.3, 0.4) is 0 Å². The molecule has 0 bridgehead atoms. The van der Waals surface area contributed by atoms with Crippen LogP contribution < -0.4 is 5.73 Å². The van der Waals surface area contributed by atoms with Gasteiger partial charge in [0.05, 0.1) is 15.6 Å². The van der Waals surface area contributed by atoms with Crippen molar-refractivity contribution >= 4 is 47.3 Å². The highest BCUT2D eigenvalue weighted by molar-refractivity contribution is 6.42. The Morgan fingerprint density at radius 2 is 1.63 bits per heavy atom. The second-order valence-corrected chi connectivity index (χ2v) is 7.29. The van der Waals surface area contributed by atoms with Gasteiger partial charge in [0.15, 0.2) is 5.78 Å². The first-order chi connectivity index (χ1) is 12.5. The average Bonchev–Trinajstić information content (AvgIpc) is 2.69. The zero-order valence-corrected chi connectivity index (χ0v) is 17.0. The Hall–Kier alpha value is -1.59. The third-order valence-electron chi connectivity index (χ3n) is 4.82. The highest BCUT2D eigenvalue weighted by atomic mass is 35.5. The number of rotatable bonds is 4. The van der Waals surface area contributed by atoms with E-state index < -0.39 is 0 Å². The molecular weight excluding hydrogens is 407 g/mol. The minimum Gasteiger partial charge on any atom is -0.339 e. The number of piperidine rings is 1. The Morgan fingerprint density at radius 3 is 2.22 bits per heavy atom. The Labute approximate surface area is 175 Å². The molecule has 1 aliphatic heterocycles. The monoisotopic (exact) mass is 426 g/mol. The molecule has 1 saturated heterocycles. The van der Waals surface area contributed by atoms with Crippen molar-refractivity contribution in [2.45, 2.75) is 12.8 Å². The maximum Gasteiger partial charge on any atom is 0.254 e. The van der Waals surface area contributed by atoms with Gasteiger partial charge in [0, 0.05) is 24.2 Å². The number of nitrogens with zero attached hydrogens (tertiary/aromatic N) is 1. The normalized spacial score (nSPS) is 14.6. The highest BCUT2D eigenvalue weighted by Gasteiger charge is 2.26. The summed E-state index contributed by atoms with van der Waals surface area (Å²) in [5.74, 6) is 0.0981. The van der Waals surface area contributed by atoms with E-state index in [2.05, 4.69) is 0 Å². The summed E-state index contributed by atoms with van der Waals surface area (Å²) >= 11 is 12.0. The van der Waals surface area contributed by atoms with Crippen molar-refractivity contribution in [2.75, 3.05) is 19.6 Å². The second-order valence-electron chi connectivity index (χ2n) is 6.47. The van der Waals surface area contributed by atoms with Crippen LogP contribution in [0.4, 0.5) is 0 Å². The van der Waals surface area contributed by atoms with Crippen molar-refractivity contribution in [3.05, 3.63) is 69.2 Å². The van der Waals surface area contributed by atoms with Crippen molar-refractivity contribution in [1.29, 1.82) is 0 Å². The molecule has 0 radical (unpaired) electrons. The lowest BCUT2D eigenvalue weighted by Gasteiger charge is -2.31. The molecule has 0 atom stereocenters. The van der Waals surface area contributed by atoms with E-state index in [9.17, 15) is 9.59 Å². The minimum atomic E-state index is -0.246. The summed E-state index contributed by atoms with van der Waals surface area (Å²) in [4.78, 5) is 27.7. The number of carbonyl (C=O) groups excluding carboxylic acids is 2. The quantitative estimate of drug-likeness (QED) is 0.733. The van der Waals surface area contributed by atoms with Crippen molar-refractivity contribution in [1.82, 2.24) is 4.90 Å². The molecule has 2 N–H and O–H groups in total. The SMILES string of the molecule is Cl.NCC1CCN(C(=O)c2ccccc2C(=O)c2ccc(Cl)c(Cl)c2)CC1. The molecular formula is C20H21Cl3N2O2. The Balaban J connectivity index is 0.00000261. The summed E-state index contributed by atoms with van der Waals surface area (Å²) < 4.78 is 0. The van der Waals surface area contributed by atoms with Gasteiger partial charge in [0.1, 0.15) is 0 Å². The van der Waals surface area contributed by atoms with E-state index in [1.165, 1.54) is 6.07 Å². The van der Waals surface area contributed by atoms with Gasteiger partial charge in [-0.25, -0.2) is 0 Å². The number of halogens is 3. The van der Waals surface area contributed by atoms with Gasteiger partial charge in [-0.05, 0) is 49.6 Å². The highest BCUT2D eigenvalue weighted by Crippen LogP contribution is 2.26. The molecule has 7 heteroatoms. The number of ketones is 1. The lowest BCUT2D eigenvalue weighted by Crippen LogP contribution is -2.40. The predicted octanol–water partition coefficient (Wildman–Crippen LogP) is 4.46. The Morgan fingerprint density at radius 1 is 1.00 bits per heavy atom. The molecule has 0 spiro atoms. The first-order valence-corrected chi connectivity index (χ1v) is 9.35. The summed E-state index contributed by atoms with van der Waals surface area (Å²) in [5.41, 5.74) is 6.91. The van der Waals surface area contributed by atoms with Gasteiger partial charge in [0.25, 0.3) is 5.91 Å². The van der Waals surface area contributed by atoms with E-state index in [4.69, 9.17) is 28.9 Å². The number of nitrogens with two attached hydrogens (primary N) is 1. The van der Waals surface area contributed by atoms with E-state index in [1.54, 1.807) is 41.3 Å². The fourth-order valence-corrected chi connectivity index (χ4v) is 3.50. The van der Waals surface area contributed by atoms with E-state index in [0.29, 0.717) is 52.3 Å². The summed E-state index contributed by atoms with van der Waals surface area (Å²) in [6, 6.07) is 11.6. The van der Waals surface area contributed by atoms with Gasteiger partial charge < -0.3 is 10.6 Å². The molecule has 4 nitrogen and oxygen atoms in total. The van der Waals surface area contributed by atoms with Gasteiger partial charge in [0.2, 0.25) is 0 Å². The molecule has 144 valence electrons. The lowest BCUT2D eigenvalue weighted by atomic mass is 9.94. The lowest BCUT2D eigenvalue weighted by molar-refractivity contribution is 0.0690. The molecule has 1 amide bonds. The smallest absolute Gasteiger partial charge is 0.254 e. The van der Waals surface area contributed by atoms with Gasteiger partial charge in [-0.15, -0.1) is 12.4 Å². The van der Waals surface area contributed by atoms with Crippen LogP contribution in [0.15, 0.2) is 42.5 Å². The number of hydrogen-bond donors (Lipinski definition) is 1. The maximum absolute atomic E-state index is 13.0.